The lowest BCUT2D eigenvalue weighted by atomic mass is 10.1. The largest absolute Gasteiger partial charge is 0.573 e. The van der Waals surface area contributed by atoms with Crippen LogP contribution in [-0.4, -0.2) is 48.5 Å². The van der Waals surface area contributed by atoms with E-state index in [0.29, 0.717) is 6.42 Å². The normalized spacial score (nSPS) is 11.0. The van der Waals surface area contributed by atoms with Gasteiger partial charge in [0.1, 0.15) is 5.75 Å². The molecule has 0 aromatic heterocycles. The molecule has 0 unspecified atom stereocenters. The maximum absolute atomic E-state index is 12.0. The Balaban J connectivity index is 2.35. The Hall–Kier alpha value is -2.45. The fourth-order valence-electron chi connectivity index (χ4n) is 1.67. The monoisotopic (exact) mass is 334 g/mol. The molecule has 128 valence electrons. The summed E-state index contributed by atoms with van der Waals surface area (Å²) in [4.78, 5) is 23.3. The SMILES string of the molecule is CN(CCC(=O)O)C(=O)NCCc1ccc(OC(F)(F)F)cc1. The highest BCUT2D eigenvalue weighted by Gasteiger charge is 2.30. The van der Waals surface area contributed by atoms with Gasteiger partial charge >= 0.3 is 18.4 Å². The van der Waals surface area contributed by atoms with Crippen LogP contribution in [0.15, 0.2) is 24.3 Å². The van der Waals surface area contributed by atoms with Crippen molar-refractivity contribution >= 4 is 12.0 Å². The molecule has 0 heterocycles. The number of nitrogens with zero attached hydrogens (tertiary/aromatic N) is 1. The summed E-state index contributed by atoms with van der Waals surface area (Å²) in [6.07, 6.45) is -4.45. The second-order valence-corrected chi connectivity index (χ2v) is 4.74. The number of ether oxygens (including phenoxy) is 1. The number of carboxylic acid groups (broad SMARTS) is 1. The molecule has 0 aliphatic rings. The molecule has 0 saturated carbocycles. The van der Waals surface area contributed by atoms with E-state index in [-0.39, 0.29) is 25.3 Å². The number of hydrogen-bond acceptors (Lipinski definition) is 3. The summed E-state index contributed by atoms with van der Waals surface area (Å²) in [6, 6.07) is 4.93. The van der Waals surface area contributed by atoms with Crippen LogP contribution in [0.1, 0.15) is 12.0 Å². The summed E-state index contributed by atoms with van der Waals surface area (Å²) in [5.41, 5.74) is 0.730. The van der Waals surface area contributed by atoms with Crippen LogP contribution in [0.4, 0.5) is 18.0 Å². The first kappa shape index (κ1) is 18.6. The lowest BCUT2D eigenvalue weighted by Crippen LogP contribution is -2.39. The molecule has 23 heavy (non-hydrogen) atoms. The number of urea groups is 1. The van der Waals surface area contributed by atoms with Gasteiger partial charge in [0.25, 0.3) is 0 Å². The number of carbonyl (C=O) groups is 2. The maximum atomic E-state index is 12.0. The van der Waals surface area contributed by atoms with Crippen LogP contribution in [0, 0.1) is 0 Å². The number of alkyl halides is 3. The zero-order valence-corrected chi connectivity index (χ0v) is 12.4. The molecule has 0 saturated heterocycles. The van der Waals surface area contributed by atoms with E-state index in [2.05, 4.69) is 10.1 Å². The van der Waals surface area contributed by atoms with E-state index in [1.54, 1.807) is 0 Å². The minimum absolute atomic E-state index is 0.0879. The molecule has 2 N–H and O–H groups in total. The van der Waals surface area contributed by atoms with Crippen LogP contribution in [0.25, 0.3) is 0 Å². The van der Waals surface area contributed by atoms with Gasteiger partial charge in [0, 0.05) is 20.1 Å². The van der Waals surface area contributed by atoms with E-state index in [1.807, 2.05) is 0 Å². The molecular weight excluding hydrogens is 317 g/mol. The van der Waals surface area contributed by atoms with Gasteiger partial charge < -0.3 is 20.1 Å². The van der Waals surface area contributed by atoms with Gasteiger partial charge in [-0.3, -0.25) is 4.79 Å². The van der Waals surface area contributed by atoms with Crippen LogP contribution in [0.5, 0.6) is 5.75 Å². The number of carboxylic acids is 1. The number of hydrogen-bond donors (Lipinski definition) is 2. The van der Waals surface area contributed by atoms with Crippen molar-refractivity contribution in [3.63, 3.8) is 0 Å². The Morgan fingerprint density at radius 1 is 1.26 bits per heavy atom. The van der Waals surface area contributed by atoms with Crippen molar-refractivity contribution in [1.82, 2.24) is 10.2 Å². The Morgan fingerprint density at radius 2 is 1.87 bits per heavy atom. The summed E-state index contributed by atoms with van der Waals surface area (Å²) < 4.78 is 39.8. The van der Waals surface area contributed by atoms with Crippen molar-refractivity contribution in [1.29, 1.82) is 0 Å². The fraction of sp³-hybridized carbons (Fsp3) is 0.429. The highest BCUT2D eigenvalue weighted by Crippen LogP contribution is 2.22. The smallest absolute Gasteiger partial charge is 0.481 e. The van der Waals surface area contributed by atoms with E-state index in [4.69, 9.17) is 5.11 Å². The van der Waals surface area contributed by atoms with Crippen molar-refractivity contribution in [2.45, 2.75) is 19.2 Å². The molecule has 6 nitrogen and oxygen atoms in total. The zero-order chi connectivity index (χ0) is 17.5. The third kappa shape index (κ3) is 7.93. The molecule has 0 radical (unpaired) electrons. The predicted molar refractivity (Wildman–Crippen MR) is 75.1 cm³/mol. The molecule has 9 heteroatoms. The minimum Gasteiger partial charge on any atom is -0.481 e. The van der Waals surface area contributed by atoms with Crippen LogP contribution in [-0.2, 0) is 11.2 Å². The molecule has 0 aliphatic heterocycles. The Kier molecular flexibility index (Phi) is 6.67. The second kappa shape index (κ2) is 8.25. The lowest BCUT2D eigenvalue weighted by molar-refractivity contribution is -0.274. The van der Waals surface area contributed by atoms with Crippen LogP contribution in [0.3, 0.4) is 0 Å². The standard InChI is InChI=1S/C14H17F3N2O4/c1-19(9-7-12(20)21)13(22)18-8-6-10-2-4-11(5-3-10)23-14(15,16)17/h2-5H,6-9H2,1H3,(H,18,22)(H,20,21). The number of nitrogens with one attached hydrogen (secondary N) is 1. The van der Waals surface area contributed by atoms with Crippen molar-refractivity contribution in [3.8, 4) is 5.75 Å². The van der Waals surface area contributed by atoms with Gasteiger partial charge in [-0.25, -0.2) is 4.79 Å². The van der Waals surface area contributed by atoms with Crippen molar-refractivity contribution < 1.29 is 32.6 Å². The molecule has 0 bridgehead atoms. The molecule has 0 aliphatic carbocycles. The van der Waals surface area contributed by atoms with E-state index in [9.17, 15) is 22.8 Å². The fourth-order valence-corrected chi connectivity index (χ4v) is 1.67. The van der Waals surface area contributed by atoms with Crippen LogP contribution >= 0.6 is 0 Å². The third-order valence-corrected chi connectivity index (χ3v) is 2.85. The van der Waals surface area contributed by atoms with Crippen LogP contribution in [0.2, 0.25) is 0 Å². The number of benzene rings is 1. The van der Waals surface area contributed by atoms with E-state index in [0.717, 1.165) is 5.56 Å². The average Bonchev–Trinajstić information content (AvgIpc) is 2.44. The van der Waals surface area contributed by atoms with Gasteiger partial charge in [0.05, 0.1) is 6.42 Å². The number of carbonyl (C=O) groups excluding carboxylic acids is 1. The van der Waals surface area contributed by atoms with E-state index < -0.39 is 18.4 Å². The summed E-state index contributed by atoms with van der Waals surface area (Å²) in [5.74, 6) is -1.30. The third-order valence-electron chi connectivity index (χ3n) is 2.85. The Bertz CT molecular complexity index is 532. The molecule has 0 fully saturated rings. The van der Waals surface area contributed by atoms with Gasteiger partial charge in [-0.15, -0.1) is 13.2 Å². The van der Waals surface area contributed by atoms with E-state index >= 15 is 0 Å². The maximum Gasteiger partial charge on any atom is 0.573 e. The number of aliphatic carboxylic acids is 1. The summed E-state index contributed by atoms with van der Waals surface area (Å²) in [5, 5.41) is 11.1. The number of halogens is 3. The van der Waals surface area contributed by atoms with Crippen molar-refractivity contribution in [3.05, 3.63) is 29.8 Å². The molecule has 1 aromatic carbocycles. The predicted octanol–water partition coefficient (Wildman–Crippen LogP) is 2.24. The Morgan fingerprint density at radius 3 is 2.39 bits per heavy atom. The minimum atomic E-state index is -4.73. The first-order valence-corrected chi connectivity index (χ1v) is 6.73. The summed E-state index contributed by atoms with van der Waals surface area (Å²) in [7, 11) is 1.47. The van der Waals surface area contributed by atoms with E-state index in [1.165, 1.54) is 36.2 Å². The van der Waals surface area contributed by atoms with Crippen LogP contribution < -0.4 is 10.1 Å². The highest BCUT2D eigenvalue weighted by molar-refractivity contribution is 5.74. The first-order valence-electron chi connectivity index (χ1n) is 6.73. The first-order chi connectivity index (χ1) is 10.7. The molecule has 1 aromatic rings. The average molecular weight is 334 g/mol. The second-order valence-electron chi connectivity index (χ2n) is 4.74. The van der Waals surface area contributed by atoms with Gasteiger partial charge in [0.2, 0.25) is 0 Å². The van der Waals surface area contributed by atoms with Crippen molar-refractivity contribution in [2.75, 3.05) is 20.1 Å². The lowest BCUT2D eigenvalue weighted by Gasteiger charge is -2.16. The Labute approximate surface area is 130 Å². The van der Waals surface area contributed by atoms with Gasteiger partial charge in [-0.1, -0.05) is 12.1 Å². The van der Waals surface area contributed by atoms with Gasteiger partial charge in [0.15, 0.2) is 0 Å². The highest BCUT2D eigenvalue weighted by atomic mass is 19.4. The number of rotatable bonds is 7. The summed E-state index contributed by atoms with van der Waals surface area (Å²) in [6.45, 7) is 0.361. The number of amides is 2. The van der Waals surface area contributed by atoms with Crippen molar-refractivity contribution in [2.24, 2.45) is 0 Å². The molecular formula is C14H17F3N2O4. The molecule has 2 amide bonds. The van der Waals surface area contributed by atoms with Gasteiger partial charge in [-0.2, -0.15) is 0 Å². The zero-order valence-electron chi connectivity index (χ0n) is 12.4. The molecule has 1 rings (SSSR count). The topological polar surface area (TPSA) is 78.9 Å². The quantitative estimate of drug-likeness (QED) is 0.802. The molecule has 0 spiro atoms. The summed E-state index contributed by atoms with van der Waals surface area (Å²) >= 11 is 0. The molecule has 0 atom stereocenters. The van der Waals surface area contributed by atoms with Gasteiger partial charge in [-0.05, 0) is 24.1 Å².